The summed E-state index contributed by atoms with van der Waals surface area (Å²) in [5, 5.41) is 7.95. The van der Waals surface area contributed by atoms with Crippen LogP contribution < -0.4 is 5.32 Å². The van der Waals surface area contributed by atoms with Crippen LogP contribution in [0.15, 0.2) is 15.2 Å². The summed E-state index contributed by atoms with van der Waals surface area (Å²) in [6.45, 7) is 7.19. The van der Waals surface area contributed by atoms with E-state index in [-0.39, 0.29) is 5.54 Å². The molecule has 0 aliphatic carbocycles. The summed E-state index contributed by atoms with van der Waals surface area (Å²) < 4.78 is 1.23. The van der Waals surface area contributed by atoms with E-state index in [2.05, 4.69) is 57.8 Å². The molecule has 0 bridgehead atoms. The Morgan fingerprint density at radius 3 is 2.44 bits per heavy atom. The first-order valence-electron chi connectivity index (χ1n) is 6.71. The number of likely N-dealkylation sites (N-methyl/N-ethyl adjacent to an activating group) is 1. The topological polar surface area (TPSA) is 15.3 Å². The summed E-state index contributed by atoms with van der Waals surface area (Å²) in [4.78, 5) is 2.64. The van der Waals surface area contributed by atoms with E-state index in [1.54, 1.807) is 11.3 Å². The molecule has 2 rings (SSSR count). The minimum atomic E-state index is 0.152. The zero-order valence-electron chi connectivity index (χ0n) is 11.5. The van der Waals surface area contributed by atoms with E-state index >= 15 is 0 Å². The van der Waals surface area contributed by atoms with Crippen molar-refractivity contribution in [2.45, 2.75) is 44.7 Å². The molecular formula is C14H23BrN2S. The normalized spacial score (nSPS) is 20.0. The van der Waals surface area contributed by atoms with Gasteiger partial charge in [-0.3, -0.25) is 4.90 Å². The Hall–Kier alpha value is 0.1000. The van der Waals surface area contributed by atoms with Crippen molar-refractivity contribution < 1.29 is 0 Å². The third-order valence-electron chi connectivity index (χ3n) is 4.12. The van der Waals surface area contributed by atoms with Gasteiger partial charge in [-0.25, -0.2) is 0 Å². The summed E-state index contributed by atoms with van der Waals surface area (Å²) in [7, 11) is 2.07. The van der Waals surface area contributed by atoms with Crippen molar-refractivity contribution in [1.29, 1.82) is 0 Å². The van der Waals surface area contributed by atoms with Crippen LogP contribution in [0, 0.1) is 0 Å². The summed E-state index contributed by atoms with van der Waals surface area (Å²) in [5.41, 5.74) is 1.54. The van der Waals surface area contributed by atoms with Gasteiger partial charge < -0.3 is 5.32 Å². The first-order valence-corrected chi connectivity index (χ1v) is 8.45. The molecule has 0 spiro atoms. The Labute approximate surface area is 123 Å². The van der Waals surface area contributed by atoms with E-state index in [0.717, 1.165) is 0 Å². The van der Waals surface area contributed by atoms with Crippen LogP contribution in [0.3, 0.4) is 0 Å². The molecule has 1 fully saturated rings. The van der Waals surface area contributed by atoms with Gasteiger partial charge in [-0.1, -0.05) is 6.42 Å². The highest BCUT2D eigenvalue weighted by molar-refractivity contribution is 9.10. The predicted molar refractivity (Wildman–Crippen MR) is 83.3 cm³/mol. The molecule has 4 heteroatoms. The number of halogens is 1. The van der Waals surface area contributed by atoms with Gasteiger partial charge in [-0.15, -0.1) is 0 Å². The van der Waals surface area contributed by atoms with Crippen LogP contribution in [-0.2, 0) is 0 Å². The maximum absolute atomic E-state index is 3.68. The quantitative estimate of drug-likeness (QED) is 0.896. The first kappa shape index (κ1) is 14.5. The minimum Gasteiger partial charge on any atom is -0.311 e. The van der Waals surface area contributed by atoms with Crippen molar-refractivity contribution in [3.8, 4) is 0 Å². The van der Waals surface area contributed by atoms with Crippen molar-refractivity contribution in [1.82, 2.24) is 10.2 Å². The standard InChI is InChI=1S/C14H23BrN2S/c1-14(2,17-7-5-4-6-8-17)13(16-3)11-9-18-10-12(11)15/h9-10,13,16H,4-8H2,1-3H3. The molecule has 1 aliphatic rings. The van der Waals surface area contributed by atoms with Crippen LogP contribution >= 0.6 is 27.3 Å². The summed E-state index contributed by atoms with van der Waals surface area (Å²) in [6, 6.07) is 0.372. The molecule has 1 unspecified atom stereocenters. The molecule has 2 nitrogen and oxygen atoms in total. The summed E-state index contributed by atoms with van der Waals surface area (Å²) >= 11 is 5.44. The van der Waals surface area contributed by atoms with E-state index < -0.39 is 0 Å². The molecule has 1 aliphatic heterocycles. The lowest BCUT2D eigenvalue weighted by Crippen LogP contribution is -2.53. The number of nitrogens with one attached hydrogen (secondary N) is 1. The maximum Gasteiger partial charge on any atom is 0.0518 e. The Morgan fingerprint density at radius 1 is 1.28 bits per heavy atom. The van der Waals surface area contributed by atoms with Gasteiger partial charge in [0.25, 0.3) is 0 Å². The van der Waals surface area contributed by atoms with Crippen LogP contribution in [0.25, 0.3) is 0 Å². The molecule has 0 saturated carbocycles. The van der Waals surface area contributed by atoms with Crippen LogP contribution in [0.2, 0.25) is 0 Å². The van der Waals surface area contributed by atoms with Crippen molar-refractivity contribution in [2.75, 3.05) is 20.1 Å². The Morgan fingerprint density at radius 2 is 1.94 bits per heavy atom. The molecule has 102 valence electrons. The van der Waals surface area contributed by atoms with Crippen LogP contribution in [0.4, 0.5) is 0 Å². The van der Waals surface area contributed by atoms with Gasteiger partial charge in [0, 0.05) is 15.4 Å². The van der Waals surface area contributed by atoms with Gasteiger partial charge in [-0.05, 0) is 73.7 Å². The number of likely N-dealkylation sites (tertiary alicyclic amines) is 1. The smallest absolute Gasteiger partial charge is 0.0518 e. The second-order valence-electron chi connectivity index (χ2n) is 5.60. The lowest BCUT2D eigenvalue weighted by atomic mass is 9.86. The van der Waals surface area contributed by atoms with Crippen LogP contribution in [0.1, 0.15) is 44.7 Å². The highest BCUT2D eigenvalue weighted by Gasteiger charge is 2.37. The van der Waals surface area contributed by atoms with Gasteiger partial charge in [0.1, 0.15) is 0 Å². The number of thiophene rings is 1. The largest absolute Gasteiger partial charge is 0.311 e. The Balaban J connectivity index is 2.22. The van der Waals surface area contributed by atoms with Gasteiger partial charge in [0.15, 0.2) is 0 Å². The van der Waals surface area contributed by atoms with Crippen molar-refractivity contribution >= 4 is 27.3 Å². The van der Waals surface area contributed by atoms with Crippen molar-refractivity contribution in [3.05, 3.63) is 20.8 Å². The second kappa shape index (κ2) is 6.04. The highest BCUT2D eigenvalue weighted by atomic mass is 79.9. The molecule has 1 saturated heterocycles. The molecular weight excluding hydrogens is 308 g/mol. The lowest BCUT2D eigenvalue weighted by Gasteiger charge is -2.46. The van der Waals surface area contributed by atoms with Gasteiger partial charge in [0.2, 0.25) is 0 Å². The fourth-order valence-corrected chi connectivity index (χ4v) is 4.59. The fourth-order valence-electron chi connectivity index (χ4n) is 3.04. The molecule has 0 aromatic carbocycles. The second-order valence-corrected chi connectivity index (χ2v) is 7.20. The maximum atomic E-state index is 3.68. The van der Waals surface area contributed by atoms with Crippen molar-refractivity contribution in [3.63, 3.8) is 0 Å². The van der Waals surface area contributed by atoms with Crippen molar-refractivity contribution in [2.24, 2.45) is 0 Å². The summed E-state index contributed by atoms with van der Waals surface area (Å²) in [6.07, 6.45) is 4.06. The molecule has 1 atom stereocenters. The Bertz CT molecular complexity index is 383. The summed E-state index contributed by atoms with van der Waals surface area (Å²) in [5.74, 6) is 0. The third kappa shape index (κ3) is 2.82. The van der Waals surface area contributed by atoms with Crippen LogP contribution in [-0.4, -0.2) is 30.6 Å². The molecule has 1 aromatic rings. The number of rotatable bonds is 4. The van der Waals surface area contributed by atoms with Gasteiger partial charge >= 0.3 is 0 Å². The molecule has 0 amide bonds. The number of nitrogens with zero attached hydrogens (tertiary/aromatic N) is 1. The number of piperidine rings is 1. The van der Waals surface area contributed by atoms with E-state index in [4.69, 9.17) is 0 Å². The van der Waals surface area contributed by atoms with E-state index in [0.29, 0.717) is 6.04 Å². The van der Waals surface area contributed by atoms with Gasteiger partial charge in [-0.2, -0.15) is 11.3 Å². The highest BCUT2D eigenvalue weighted by Crippen LogP contribution is 2.37. The van der Waals surface area contributed by atoms with Crippen LogP contribution in [0.5, 0.6) is 0 Å². The number of hydrogen-bond donors (Lipinski definition) is 1. The van der Waals surface area contributed by atoms with E-state index in [1.165, 1.54) is 42.4 Å². The third-order valence-corrected chi connectivity index (χ3v) is 5.87. The van der Waals surface area contributed by atoms with E-state index in [1.807, 2.05) is 0 Å². The van der Waals surface area contributed by atoms with E-state index in [9.17, 15) is 0 Å². The SMILES string of the molecule is CNC(c1cscc1Br)C(C)(C)N1CCCCC1. The monoisotopic (exact) mass is 330 g/mol. The molecule has 2 heterocycles. The molecule has 1 aromatic heterocycles. The zero-order valence-corrected chi connectivity index (χ0v) is 13.9. The Kier molecular flexibility index (Phi) is 4.86. The average Bonchev–Trinajstić information content (AvgIpc) is 2.78. The lowest BCUT2D eigenvalue weighted by molar-refractivity contribution is 0.0632. The zero-order chi connectivity index (χ0) is 13.2. The average molecular weight is 331 g/mol. The molecule has 0 radical (unpaired) electrons. The molecule has 18 heavy (non-hydrogen) atoms. The fraction of sp³-hybridized carbons (Fsp3) is 0.714. The number of hydrogen-bond acceptors (Lipinski definition) is 3. The minimum absolute atomic E-state index is 0.152. The predicted octanol–water partition coefficient (Wildman–Crippen LogP) is 4.04. The molecule has 1 N–H and O–H groups in total. The van der Waals surface area contributed by atoms with Gasteiger partial charge in [0.05, 0.1) is 6.04 Å². The first-order chi connectivity index (χ1) is 8.57.